The number of amides is 1. The van der Waals surface area contributed by atoms with Crippen LogP contribution in [0.2, 0.25) is 5.02 Å². The fourth-order valence-corrected chi connectivity index (χ4v) is 1.49. The summed E-state index contributed by atoms with van der Waals surface area (Å²) in [5.41, 5.74) is 0.141. The van der Waals surface area contributed by atoms with E-state index in [1.54, 1.807) is 6.92 Å². The van der Waals surface area contributed by atoms with E-state index in [0.29, 0.717) is 0 Å². The highest BCUT2D eigenvalue weighted by atomic mass is 35.5. The summed E-state index contributed by atoms with van der Waals surface area (Å²) in [7, 11) is 0. The number of rotatable bonds is 4. The van der Waals surface area contributed by atoms with Crippen LogP contribution < -0.4 is 5.32 Å². The van der Waals surface area contributed by atoms with Crippen LogP contribution >= 0.6 is 11.6 Å². The standard InChI is InChI=1S/C12H13ClFNO2/c1-7(8(2)16)15-12(17)6-9-10(13)4-3-5-11(9)14/h3-5,7H,6H2,1-2H3,(H,15,17). The van der Waals surface area contributed by atoms with Gasteiger partial charge in [0.1, 0.15) is 5.82 Å². The topological polar surface area (TPSA) is 46.2 Å². The molecule has 0 saturated heterocycles. The maximum Gasteiger partial charge on any atom is 0.225 e. The molecule has 1 amide bonds. The van der Waals surface area contributed by atoms with Crippen LogP contribution in [0.1, 0.15) is 19.4 Å². The first-order chi connectivity index (χ1) is 7.91. The molecule has 1 rings (SSSR count). The Kier molecular flexibility index (Phi) is 4.63. The average Bonchev–Trinajstić information content (AvgIpc) is 2.23. The first-order valence-corrected chi connectivity index (χ1v) is 5.52. The molecule has 0 bridgehead atoms. The summed E-state index contributed by atoms with van der Waals surface area (Å²) in [4.78, 5) is 22.5. The highest BCUT2D eigenvalue weighted by Crippen LogP contribution is 2.19. The zero-order chi connectivity index (χ0) is 13.0. The number of hydrogen-bond acceptors (Lipinski definition) is 2. The molecule has 1 atom stereocenters. The molecule has 0 radical (unpaired) electrons. The van der Waals surface area contributed by atoms with E-state index in [2.05, 4.69) is 5.32 Å². The third-order valence-corrected chi connectivity index (χ3v) is 2.74. The lowest BCUT2D eigenvalue weighted by Crippen LogP contribution is -2.38. The zero-order valence-corrected chi connectivity index (χ0v) is 10.3. The van der Waals surface area contributed by atoms with Gasteiger partial charge >= 0.3 is 0 Å². The van der Waals surface area contributed by atoms with Gasteiger partial charge in [0.25, 0.3) is 0 Å². The van der Waals surface area contributed by atoms with Crippen molar-refractivity contribution in [1.82, 2.24) is 5.32 Å². The number of benzene rings is 1. The highest BCUT2D eigenvalue weighted by Gasteiger charge is 2.15. The van der Waals surface area contributed by atoms with Crippen LogP contribution in [-0.4, -0.2) is 17.7 Å². The van der Waals surface area contributed by atoms with E-state index in [0.717, 1.165) is 0 Å². The predicted molar refractivity (Wildman–Crippen MR) is 63.4 cm³/mol. The van der Waals surface area contributed by atoms with Crippen molar-refractivity contribution in [2.45, 2.75) is 26.3 Å². The molecule has 0 aliphatic carbocycles. The number of nitrogens with one attached hydrogen (secondary N) is 1. The molecular weight excluding hydrogens is 245 g/mol. The number of Topliss-reactive ketones (excluding diaryl/α,β-unsaturated/α-hetero) is 1. The van der Waals surface area contributed by atoms with Crippen molar-refractivity contribution < 1.29 is 14.0 Å². The summed E-state index contributed by atoms with van der Waals surface area (Å²) in [5.74, 6) is -1.11. The molecule has 0 aliphatic rings. The van der Waals surface area contributed by atoms with E-state index in [4.69, 9.17) is 11.6 Å². The van der Waals surface area contributed by atoms with E-state index in [9.17, 15) is 14.0 Å². The second-order valence-corrected chi connectivity index (χ2v) is 4.18. The molecule has 0 fully saturated rings. The molecule has 0 aliphatic heterocycles. The Balaban J connectivity index is 2.72. The van der Waals surface area contributed by atoms with Gasteiger partial charge in [0.15, 0.2) is 5.78 Å². The van der Waals surface area contributed by atoms with Crippen molar-refractivity contribution in [2.75, 3.05) is 0 Å². The smallest absolute Gasteiger partial charge is 0.225 e. The normalized spacial score (nSPS) is 12.0. The number of ketones is 1. The monoisotopic (exact) mass is 257 g/mol. The summed E-state index contributed by atoms with van der Waals surface area (Å²) < 4.78 is 13.4. The summed E-state index contributed by atoms with van der Waals surface area (Å²) in [6.45, 7) is 2.95. The Hall–Kier alpha value is -1.42. The van der Waals surface area contributed by atoms with Crippen LogP contribution in [0, 0.1) is 5.82 Å². The fraction of sp³-hybridized carbons (Fsp3) is 0.333. The van der Waals surface area contributed by atoms with Crippen LogP contribution in [0.4, 0.5) is 4.39 Å². The van der Waals surface area contributed by atoms with E-state index in [1.165, 1.54) is 25.1 Å². The molecule has 5 heteroatoms. The van der Waals surface area contributed by atoms with Crippen molar-refractivity contribution in [1.29, 1.82) is 0 Å². The molecule has 92 valence electrons. The lowest BCUT2D eigenvalue weighted by atomic mass is 10.1. The van der Waals surface area contributed by atoms with Gasteiger partial charge in [-0.1, -0.05) is 17.7 Å². The molecule has 1 N–H and O–H groups in total. The Labute approximate surface area is 104 Å². The second kappa shape index (κ2) is 5.77. The van der Waals surface area contributed by atoms with Gasteiger partial charge in [-0.2, -0.15) is 0 Å². The van der Waals surface area contributed by atoms with Crippen LogP contribution in [0.5, 0.6) is 0 Å². The third-order valence-electron chi connectivity index (χ3n) is 2.39. The Bertz CT molecular complexity index is 428. The SMILES string of the molecule is CC(=O)C(C)NC(=O)Cc1c(F)cccc1Cl. The molecule has 0 saturated carbocycles. The first kappa shape index (κ1) is 13.6. The van der Waals surface area contributed by atoms with E-state index in [1.807, 2.05) is 0 Å². The molecule has 0 heterocycles. The van der Waals surface area contributed by atoms with Gasteiger partial charge in [-0.3, -0.25) is 9.59 Å². The molecule has 17 heavy (non-hydrogen) atoms. The third kappa shape index (κ3) is 3.82. The highest BCUT2D eigenvalue weighted by molar-refractivity contribution is 6.31. The quantitative estimate of drug-likeness (QED) is 0.898. The Morgan fingerprint density at radius 3 is 2.65 bits per heavy atom. The number of halogens is 2. The summed E-state index contributed by atoms with van der Waals surface area (Å²) in [6, 6.07) is 3.65. The molecule has 1 aromatic carbocycles. The lowest BCUT2D eigenvalue weighted by molar-refractivity contribution is -0.126. The molecular formula is C12H13ClFNO2. The van der Waals surface area contributed by atoms with Crippen LogP contribution in [0.3, 0.4) is 0 Å². The van der Waals surface area contributed by atoms with E-state index in [-0.39, 0.29) is 22.8 Å². The molecule has 3 nitrogen and oxygen atoms in total. The zero-order valence-electron chi connectivity index (χ0n) is 9.59. The van der Waals surface area contributed by atoms with Gasteiger partial charge in [0.05, 0.1) is 12.5 Å². The molecule has 1 aromatic rings. The maximum absolute atomic E-state index is 13.4. The minimum atomic E-state index is -0.576. The van der Waals surface area contributed by atoms with Crippen molar-refractivity contribution in [3.8, 4) is 0 Å². The molecule has 0 aromatic heterocycles. The van der Waals surface area contributed by atoms with Gasteiger partial charge < -0.3 is 5.32 Å². The van der Waals surface area contributed by atoms with Gasteiger partial charge in [-0.05, 0) is 26.0 Å². The van der Waals surface area contributed by atoms with Crippen molar-refractivity contribution >= 4 is 23.3 Å². The average molecular weight is 258 g/mol. The molecule has 0 spiro atoms. The molecule has 1 unspecified atom stereocenters. The number of carbonyl (C=O) groups is 2. The predicted octanol–water partition coefficient (Wildman–Crippen LogP) is 2.12. The Morgan fingerprint density at radius 1 is 1.47 bits per heavy atom. The first-order valence-electron chi connectivity index (χ1n) is 5.14. The lowest BCUT2D eigenvalue weighted by Gasteiger charge is -2.11. The van der Waals surface area contributed by atoms with Crippen molar-refractivity contribution in [2.24, 2.45) is 0 Å². The second-order valence-electron chi connectivity index (χ2n) is 3.78. The van der Waals surface area contributed by atoms with Gasteiger partial charge in [0.2, 0.25) is 5.91 Å². The Morgan fingerprint density at radius 2 is 2.12 bits per heavy atom. The van der Waals surface area contributed by atoms with E-state index < -0.39 is 17.8 Å². The maximum atomic E-state index is 13.4. The minimum Gasteiger partial charge on any atom is -0.346 e. The van der Waals surface area contributed by atoms with Gasteiger partial charge in [-0.25, -0.2) is 4.39 Å². The summed E-state index contributed by atoms with van der Waals surface area (Å²) in [5, 5.41) is 2.67. The van der Waals surface area contributed by atoms with Crippen LogP contribution in [0.25, 0.3) is 0 Å². The van der Waals surface area contributed by atoms with Crippen molar-refractivity contribution in [3.63, 3.8) is 0 Å². The number of carbonyl (C=O) groups excluding carboxylic acids is 2. The largest absolute Gasteiger partial charge is 0.346 e. The van der Waals surface area contributed by atoms with Crippen LogP contribution in [0.15, 0.2) is 18.2 Å². The minimum absolute atomic E-state index is 0.141. The van der Waals surface area contributed by atoms with Gasteiger partial charge in [-0.15, -0.1) is 0 Å². The van der Waals surface area contributed by atoms with Crippen LogP contribution in [-0.2, 0) is 16.0 Å². The fourth-order valence-electron chi connectivity index (χ4n) is 1.26. The number of hydrogen-bond donors (Lipinski definition) is 1. The van der Waals surface area contributed by atoms with Gasteiger partial charge in [0, 0.05) is 10.6 Å². The summed E-state index contributed by atoms with van der Waals surface area (Å²) >= 11 is 5.79. The van der Waals surface area contributed by atoms with Crippen molar-refractivity contribution in [3.05, 3.63) is 34.6 Å². The summed E-state index contributed by atoms with van der Waals surface area (Å²) in [6.07, 6.45) is -0.177. The van der Waals surface area contributed by atoms with E-state index >= 15 is 0 Å².